The van der Waals surface area contributed by atoms with Gasteiger partial charge in [-0.15, -0.1) is 0 Å². The number of benzene rings is 1. The second-order valence-electron chi connectivity index (χ2n) is 8.60. The highest BCUT2D eigenvalue weighted by molar-refractivity contribution is 6.22. The van der Waals surface area contributed by atoms with Gasteiger partial charge in [-0.3, -0.25) is 19.3 Å². The van der Waals surface area contributed by atoms with Crippen molar-refractivity contribution in [1.82, 2.24) is 9.80 Å². The lowest BCUT2D eigenvalue weighted by atomic mass is 10.0. The minimum Gasteiger partial charge on any atom is -0.377 e. The summed E-state index contributed by atoms with van der Waals surface area (Å²) in [6, 6.07) is 5.73. The molecule has 0 spiro atoms. The van der Waals surface area contributed by atoms with Crippen molar-refractivity contribution in [1.29, 1.82) is 0 Å². The standard InChI is InChI=1S/C25H36N2O8/c1-19(2)22(27-23(28)20-5-3-4-6-21(20)24(27)29)25(30)26-7-9-31-11-13-33-15-17-35-18-16-34-14-12-32-10-8-26/h3-6,19,22H,7-18H2,1-2H3/t22-/m0/s1. The molecule has 0 unspecified atom stereocenters. The van der Waals surface area contributed by atoms with Gasteiger partial charge in [0.15, 0.2) is 0 Å². The van der Waals surface area contributed by atoms with E-state index in [-0.39, 0.29) is 11.8 Å². The summed E-state index contributed by atoms with van der Waals surface area (Å²) in [5, 5.41) is 0. The van der Waals surface area contributed by atoms with E-state index < -0.39 is 17.9 Å². The third-order valence-corrected chi connectivity index (χ3v) is 5.80. The molecule has 2 aliphatic heterocycles. The van der Waals surface area contributed by atoms with Gasteiger partial charge in [0, 0.05) is 13.1 Å². The first-order valence-corrected chi connectivity index (χ1v) is 12.2. The van der Waals surface area contributed by atoms with Gasteiger partial charge < -0.3 is 28.6 Å². The molecule has 1 aromatic rings. The summed E-state index contributed by atoms with van der Waals surface area (Å²) in [6.45, 7) is 8.35. The largest absolute Gasteiger partial charge is 0.377 e. The fourth-order valence-electron chi connectivity index (χ4n) is 4.00. The highest BCUT2D eigenvalue weighted by Crippen LogP contribution is 2.28. The zero-order chi connectivity index (χ0) is 25.0. The molecule has 10 nitrogen and oxygen atoms in total. The number of rotatable bonds is 3. The van der Waals surface area contributed by atoms with Gasteiger partial charge in [-0.1, -0.05) is 26.0 Å². The smallest absolute Gasteiger partial charge is 0.262 e. The number of fused-ring (bicyclic) bond motifs is 1. The Kier molecular flexibility index (Phi) is 11.1. The maximum absolute atomic E-state index is 13.7. The molecular weight excluding hydrogens is 456 g/mol. The number of carbonyl (C=O) groups is 3. The highest BCUT2D eigenvalue weighted by Gasteiger charge is 2.45. The minimum atomic E-state index is -0.924. The van der Waals surface area contributed by atoms with Crippen LogP contribution in [0.15, 0.2) is 24.3 Å². The van der Waals surface area contributed by atoms with Crippen LogP contribution in [0.1, 0.15) is 34.6 Å². The molecule has 194 valence electrons. The van der Waals surface area contributed by atoms with Crippen LogP contribution >= 0.6 is 0 Å². The van der Waals surface area contributed by atoms with Crippen LogP contribution < -0.4 is 0 Å². The topological polar surface area (TPSA) is 104 Å². The molecule has 2 heterocycles. The van der Waals surface area contributed by atoms with Crippen LogP contribution in [0.2, 0.25) is 0 Å². The molecule has 3 rings (SSSR count). The molecule has 0 radical (unpaired) electrons. The van der Waals surface area contributed by atoms with Crippen molar-refractivity contribution in [2.45, 2.75) is 19.9 Å². The molecule has 0 saturated carbocycles. The zero-order valence-corrected chi connectivity index (χ0v) is 20.6. The first-order chi connectivity index (χ1) is 17.0. The predicted octanol–water partition coefficient (Wildman–Crippen LogP) is 1.23. The highest BCUT2D eigenvalue weighted by atomic mass is 16.6. The van der Waals surface area contributed by atoms with E-state index in [2.05, 4.69) is 0 Å². The molecule has 1 aromatic carbocycles. The monoisotopic (exact) mass is 492 g/mol. The van der Waals surface area contributed by atoms with Crippen molar-refractivity contribution in [3.63, 3.8) is 0 Å². The molecule has 35 heavy (non-hydrogen) atoms. The van der Waals surface area contributed by atoms with E-state index >= 15 is 0 Å². The Labute approximate surface area is 206 Å². The maximum atomic E-state index is 13.7. The minimum absolute atomic E-state index is 0.274. The Balaban J connectivity index is 1.68. The van der Waals surface area contributed by atoms with E-state index in [1.807, 2.05) is 13.8 Å². The summed E-state index contributed by atoms with van der Waals surface area (Å²) in [5.74, 6) is -1.46. The third kappa shape index (κ3) is 7.55. The molecule has 2 aliphatic rings. The average molecular weight is 493 g/mol. The lowest BCUT2D eigenvalue weighted by Gasteiger charge is -2.33. The van der Waals surface area contributed by atoms with Crippen LogP contribution in [0, 0.1) is 5.92 Å². The Morgan fingerprint density at radius 3 is 1.43 bits per heavy atom. The fraction of sp³-hybridized carbons (Fsp3) is 0.640. The van der Waals surface area contributed by atoms with Gasteiger partial charge in [0.2, 0.25) is 5.91 Å². The first kappa shape index (κ1) is 27.2. The van der Waals surface area contributed by atoms with Gasteiger partial charge in [0.25, 0.3) is 11.8 Å². The molecule has 0 bridgehead atoms. The number of hydrogen-bond donors (Lipinski definition) is 0. The predicted molar refractivity (Wildman–Crippen MR) is 126 cm³/mol. The summed E-state index contributed by atoms with van der Waals surface area (Å²) >= 11 is 0. The summed E-state index contributed by atoms with van der Waals surface area (Å²) < 4.78 is 27.7. The van der Waals surface area contributed by atoms with Crippen LogP contribution in [0.3, 0.4) is 0 Å². The number of carbonyl (C=O) groups excluding carboxylic acids is 3. The average Bonchev–Trinajstić information content (AvgIpc) is 3.09. The van der Waals surface area contributed by atoms with E-state index in [0.717, 1.165) is 4.90 Å². The quantitative estimate of drug-likeness (QED) is 0.581. The first-order valence-electron chi connectivity index (χ1n) is 12.2. The molecular formula is C25H36N2O8. The van der Waals surface area contributed by atoms with Gasteiger partial charge in [-0.2, -0.15) is 0 Å². The maximum Gasteiger partial charge on any atom is 0.262 e. The van der Waals surface area contributed by atoms with Crippen molar-refractivity contribution < 1.29 is 38.1 Å². The van der Waals surface area contributed by atoms with E-state index in [9.17, 15) is 14.4 Å². The number of hydrogen-bond acceptors (Lipinski definition) is 8. The normalized spacial score (nSPS) is 20.9. The van der Waals surface area contributed by atoms with Crippen molar-refractivity contribution >= 4 is 17.7 Å². The van der Waals surface area contributed by atoms with Crippen LogP contribution in [0.25, 0.3) is 0 Å². The summed E-state index contributed by atoms with van der Waals surface area (Å²) in [6.07, 6.45) is 0. The van der Waals surface area contributed by atoms with Crippen molar-refractivity contribution in [3.8, 4) is 0 Å². The van der Waals surface area contributed by atoms with Crippen LogP contribution in [0.5, 0.6) is 0 Å². The SMILES string of the molecule is CC(C)[C@@H](C(=O)N1CCOCCOCCOCCOCCOCC1)N1C(=O)c2ccccc2C1=O. The molecule has 0 aliphatic carbocycles. The Morgan fingerprint density at radius 1 is 0.686 bits per heavy atom. The van der Waals surface area contributed by atoms with E-state index in [1.165, 1.54) is 0 Å². The second kappa shape index (κ2) is 14.3. The van der Waals surface area contributed by atoms with E-state index in [1.54, 1.807) is 29.2 Å². The van der Waals surface area contributed by atoms with Gasteiger partial charge >= 0.3 is 0 Å². The van der Waals surface area contributed by atoms with Crippen molar-refractivity contribution in [2.75, 3.05) is 79.2 Å². The van der Waals surface area contributed by atoms with Gasteiger partial charge in [0.05, 0.1) is 77.2 Å². The number of nitrogens with zero attached hydrogens (tertiary/aromatic N) is 2. The molecule has 1 saturated heterocycles. The van der Waals surface area contributed by atoms with E-state index in [4.69, 9.17) is 23.7 Å². The lowest BCUT2D eigenvalue weighted by molar-refractivity contribution is -0.138. The molecule has 0 aromatic heterocycles. The Hall–Kier alpha value is -2.37. The number of imide groups is 1. The van der Waals surface area contributed by atoms with Crippen LogP contribution in [-0.2, 0) is 28.5 Å². The lowest BCUT2D eigenvalue weighted by Crippen LogP contribution is -2.54. The molecule has 1 atom stereocenters. The Bertz CT molecular complexity index is 794. The molecule has 10 heteroatoms. The summed E-state index contributed by atoms with van der Waals surface area (Å²) in [5.41, 5.74) is 0.653. The van der Waals surface area contributed by atoms with Crippen LogP contribution in [-0.4, -0.2) is 113 Å². The molecule has 1 fully saturated rings. The second-order valence-corrected chi connectivity index (χ2v) is 8.60. The fourth-order valence-corrected chi connectivity index (χ4v) is 4.00. The third-order valence-electron chi connectivity index (χ3n) is 5.80. The van der Waals surface area contributed by atoms with Gasteiger partial charge in [-0.05, 0) is 18.1 Å². The summed E-state index contributed by atoms with van der Waals surface area (Å²) in [4.78, 5) is 42.6. The van der Waals surface area contributed by atoms with E-state index in [0.29, 0.717) is 90.3 Å². The Morgan fingerprint density at radius 2 is 1.06 bits per heavy atom. The zero-order valence-electron chi connectivity index (χ0n) is 20.6. The van der Waals surface area contributed by atoms with Gasteiger partial charge in [0.1, 0.15) is 6.04 Å². The van der Waals surface area contributed by atoms with Gasteiger partial charge in [-0.25, -0.2) is 0 Å². The van der Waals surface area contributed by atoms with Crippen molar-refractivity contribution in [3.05, 3.63) is 35.4 Å². The molecule has 0 N–H and O–H groups in total. The van der Waals surface area contributed by atoms with Crippen LogP contribution in [0.4, 0.5) is 0 Å². The van der Waals surface area contributed by atoms with Crippen molar-refractivity contribution in [2.24, 2.45) is 5.92 Å². The number of amides is 3. The number of ether oxygens (including phenoxy) is 5. The molecule has 3 amide bonds. The summed E-state index contributed by atoms with van der Waals surface area (Å²) in [7, 11) is 0.